The summed E-state index contributed by atoms with van der Waals surface area (Å²) in [4.78, 5) is 4.21. The van der Waals surface area contributed by atoms with Crippen LogP contribution in [0, 0.1) is 0 Å². The third kappa shape index (κ3) is 8.07. The van der Waals surface area contributed by atoms with Crippen LogP contribution in [0.25, 0.3) is 0 Å². The summed E-state index contributed by atoms with van der Waals surface area (Å²) in [7, 11) is 1.77. The van der Waals surface area contributed by atoms with E-state index in [9.17, 15) is 0 Å². The fraction of sp³-hybridized carbons (Fsp3) is 0.474. The average Bonchev–Trinajstić information content (AvgIpc) is 3.14. The Morgan fingerprint density at radius 3 is 2.54 bits per heavy atom. The first-order valence-corrected chi connectivity index (χ1v) is 8.83. The molecule has 26 heavy (non-hydrogen) atoms. The highest BCUT2D eigenvalue weighted by Gasteiger charge is 2.00. The molecule has 2 N–H and O–H groups in total. The van der Waals surface area contributed by atoms with Crippen LogP contribution in [0.3, 0.4) is 0 Å². The Kier molecular flexibility index (Phi) is 10.8. The standard InChI is InChI=1S/C19H29N5O.HI/c1-16(2)17-6-8-18(9-7-17)25-15-12-22-19(20-3)21-10-4-13-24-14-5-11-23-24;/h5-9,11,14,16H,4,10,12-13,15H2,1-3H3,(H2,20,21,22);1H. The number of nitrogens with one attached hydrogen (secondary N) is 2. The predicted molar refractivity (Wildman–Crippen MR) is 118 cm³/mol. The maximum absolute atomic E-state index is 5.75. The van der Waals surface area contributed by atoms with Crippen LogP contribution in [0.5, 0.6) is 5.75 Å². The lowest BCUT2D eigenvalue weighted by molar-refractivity contribution is 0.322. The first-order chi connectivity index (χ1) is 12.2. The summed E-state index contributed by atoms with van der Waals surface area (Å²) < 4.78 is 7.68. The molecule has 0 bridgehead atoms. The molecule has 0 radical (unpaired) electrons. The largest absolute Gasteiger partial charge is 0.492 e. The fourth-order valence-corrected chi connectivity index (χ4v) is 2.39. The van der Waals surface area contributed by atoms with Gasteiger partial charge in [-0.1, -0.05) is 26.0 Å². The molecule has 1 aromatic heterocycles. The molecule has 1 heterocycles. The van der Waals surface area contributed by atoms with E-state index in [2.05, 4.69) is 46.7 Å². The molecular weight excluding hydrogens is 441 g/mol. The number of aromatic nitrogens is 2. The van der Waals surface area contributed by atoms with Gasteiger partial charge in [0.25, 0.3) is 0 Å². The number of halogens is 1. The van der Waals surface area contributed by atoms with E-state index in [1.807, 2.05) is 29.1 Å². The number of nitrogens with zero attached hydrogens (tertiary/aromatic N) is 3. The molecule has 0 unspecified atom stereocenters. The van der Waals surface area contributed by atoms with Gasteiger partial charge in [0.15, 0.2) is 5.96 Å². The van der Waals surface area contributed by atoms with Crippen molar-refractivity contribution in [1.29, 1.82) is 0 Å². The van der Waals surface area contributed by atoms with Gasteiger partial charge in [0.2, 0.25) is 0 Å². The van der Waals surface area contributed by atoms with Crippen molar-refractivity contribution in [3.05, 3.63) is 48.3 Å². The number of rotatable bonds is 9. The van der Waals surface area contributed by atoms with Crippen LogP contribution in [-0.4, -0.2) is 42.5 Å². The minimum atomic E-state index is 0. The van der Waals surface area contributed by atoms with Crippen LogP contribution in [0.2, 0.25) is 0 Å². The van der Waals surface area contributed by atoms with Crippen molar-refractivity contribution in [2.45, 2.75) is 32.7 Å². The van der Waals surface area contributed by atoms with Crippen molar-refractivity contribution in [2.24, 2.45) is 4.99 Å². The molecule has 0 aliphatic rings. The highest BCUT2D eigenvalue weighted by molar-refractivity contribution is 14.0. The van der Waals surface area contributed by atoms with Gasteiger partial charge < -0.3 is 15.4 Å². The minimum Gasteiger partial charge on any atom is -0.492 e. The lowest BCUT2D eigenvalue weighted by Gasteiger charge is -2.13. The van der Waals surface area contributed by atoms with Gasteiger partial charge in [0.05, 0.1) is 6.54 Å². The second-order valence-corrected chi connectivity index (χ2v) is 6.12. The summed E-state index contributed by atoms with van der Waals surface area (Å²) in [6.45, 7) is 7.41. The van der Waals surface area contributed by atoms with Gasteiger partial charge in [-0.2, -0.15) is 5.10 Å². The van der Waals surface area contributed by atoms with Crippen LogP contribution in [0.15, 0.2) is 47.7 Å². The molecule has 0 atom stereocenters. The summed E-state index contributed by atoms with van der Waals surface area (Å²) in [6, 6.07) is 10.2. The van der Waals surface area contributed by atoms with Crippen molar-refractivity contribution < 1.29 is 4.74 Å². The Morgan fingerprint density at radius 2 is 1.92 bits per heavy atom. The minimum absolute atomic E-state index is 0. The zero-order valence-electron chi connectivity index (χ0n) is 15.8. The van der Waals surface area contributed by atoms with Crippen LogP contribution in [0.4, 0.5) is 0 Å². The number of hydrogen-bond acceptors (Lipinski definition) is 3. The second kappa shape index (κ2) is 12.6. The fourth-order valence-electron chi connectivity index (χ4n) is 2.39. The zero-order chi connectivity index (χ0) is 17.9. The van der Waals surface area contributed by atoms with E-state index < -0.39 is 0 Å². The van der Waals surface area contributed by atoms with E-state index in [4.69, 9.17) is 4.74 Å². The van der Waals surface area contributed by atoms with E-state index in [1.165, 1.54) is 5.56 Å². The lowest BCUT2D eigenvalue weighted by Crippen LogP contribution is -2.39. The van der Waals surface area contributed by atoms with Gasteiger partial charge in [0, 0.05) is 32.5 Å². The molecule has 1 aromatic carbocycles. The highest BCUT2D eigenvalue weighted by Crippen LogP contribution is 2.18. The van der Waals surface area contributed by atoms with E-state index in [0.29, 0.717) is 19.1 Å². The van der Waals surface area contributed by atoms with Crippen molar-refractivity contribution >= 4 is 29.9 Å². The number of guanidine groups is 1. The zero-order valence-corrected chi connectivity index (χ0v) is 18.1. The van der Waals surface area contributed by atoms with Gasteiger partial charge in [0.1, 0.15) is 12.4 Å². The summed E-state index contributed by atoms with van der Waals surface area (Å²) in [6.07, 6.45) is 4.75. The first kappa shape index (κ1) is 22.3. The van der Waals surface area contributed by atoms with Crippen LogP contribution in [0.1, 0.15) is 31.7 Å². The third-order valence-electron chi connectivity index (χ3n) is 3.85. The Balaban J connectivity index is 0.00000338. The van der Waals surface area contributed by atoms with Gasteiger partial charge >= 0.3 is 0 Å². The van der Waals surface area contributed by atoms with Crippen LogP contribution in [-0.2, 0) is 6.54 Å². The monoisotopic (exact) mass is 471 g/mol. The Morgan fingerprint density at radius 1 is 1.19 bits per heavy atom. The Bertz CT molecular complexity index is 626. The summed E-state index contributed by atoms with van der Waals surface area (Å²) in [5.41, 5.74) is 1.32. The topological polar surface area (TPSA) is 63.5 Å². The maximum Gasteiger partial charge on any atom is 0.191 e. The summed E-state index contributed by atoms with van der Waals surface area (Å²) >= 11 is 0. The van der Waals surface area contributed by atoms with Crippen molar-refractivity contribution in [3.63, 3.8) is 0 Å². The molecule has 0 saturated heterocycles. The van der Waals surface area contributed by atoms with Crippen molar-refractivity contribution in [2.75, 3.05) is 26.7 Å². The Hall–Kier alpha value is -1.77. The molecule has 0 aliphatic heterocycles. The maximum atomic E-state index is 5.75. The van der Waals surface area contributed by atoms with Crippen molar-refractivity contribution in [1.82, 2.24) is 20.4 Å². The van der Waals surface area contributed by atoms with E-state index in [1.54, 1.807) is 13.2 Å². The van der Waals surface area contributed by atoms with Gasteiger partial charge in [-0.3, -0.25) is 9.67 Å². The molecule has 0 fully saturated rings. The molecular formula is C19H30IN5O. The quantitative estimate of drug-likeness (QED) is 0.255. The average molecular weight is 471 g/mol. The first-order valence-electron chi connectivity index (χ1n) is 8.83. The SMILES string of the molecule is CN=C(NCCCn1cccn1)NCCOc1ccc(C(C)C)cc1.I. The highest BCUT2D eigenvalue weighted by atomic mass is 127. The Labute approximate surface area is 173 Å². The molecule has 2 rings (SSSR count). The summed E-state index contributed by atoms with van der Waals surface area (Å²) in [5.74, 6) is 2.23. The predicted octanol–water partition coefficient (Wildman–Crippen LogP) is 3.26. The molecule has 0 amide bonds. The van der Waals surface area contributed by atoms with Gasteiger partial charge in [-0.05, 0) is 36.1 Å². The molecule has 144 valence electrons. The summed E-state index contributed by atoms with van der Waals surface area (Å²) in [5, 5.41) is 10.7. The van der Waals surface area contributed by atoms with Crippen LogP contribution >= 0.6 is 24.0 Å². The van der Waals surface area contributed by atoms with Gasteiger partial charge in [-0.15, -0.1) is 24.0 Å². The van der Waals surface area contributed by atoms with Gasteiger partial charge in [-0.25, -0.2) is 0 Å². The van der Waals surface area contributed by atoms with E-state index in [-0.39, 0.29) is 24.0 Å². The molecule has 0 saturated carbocycles. The second-order valence-electron chi connectivity index (χ2n) is 6.12. The molecule has 2 aromatic rings. The normalized spacial score (nSPS) is 11.2. The number of aryl methyl sites for hydroxylation is 1. The molecule has 0 aliphatic carbocycles. The number of hydrogen-bond donors (Lipinski definition) is 2. The number of aliphatic imine (C=N–C) groups is 1. The third-order valence-corrected chi connectivity index (χ3v) is 3.85. The number of benzene rings is 1. The molecule has 0 spiro atoms. The van der Waals surface area contributed by atoms with Crippen molar-refractivity contribution in [3.8, 4) is 5.75 Å². The molecule has 6 nitrogen and oxygen atoms in total. The smallest absolute Gasteiger partial charge is 0.191 e. The lowest BCUT2D eigenvalue weighted by atomic mass is 10.0. The molecule has 7 heteroatoms. The van der Waals surface area contributed by atoms with Crippen LogP contribution < -0.4 is 15.4 Å². The number of ether oxygens (including phenoxy) is 1. The van der Waals surface area contributed by atoms with E-state index >= 15 is 0 Å². The van der Waals surface area contributed by atoms with E-state index in [0.717, 1.165) is 31.2 Å².